The van der Waals surface area contributed by atoms with Crippen LogP contribution in [-0.2, 0) is 29.3 Å². The van der Waals surface area contributed by atoms with Crippen molar-refractivity contribution in [3.63, 3.8) is 0 Å². The van der Waals surface area contributed by atoms with Gasteiger partial charge in [0.25, 0.3) is 5.91 Å². The van der Waals surface area contributed by atoms with E-state index >= 15 is 0 Å². The topological polar surface area (TPSA) is 68.2 Å². The predicted molar refractivity (Wildman–Crippen MR) is 138 cm³/mol. The summed E-state index contributed by atoms with van der Waals surface area (Å²) in [5.41, 5.74) is 3.41. The highest BCUT2D eigenvalue weighted by Crippen LogP contribution is 2.40. The molecular weight excluding hydrogens is 501 g/mol. The maximum atomic E-state index is 13.0. The Labute approximate surface area is 216 Å². The van der Waals surface area contributed by atoms with Crippen molar-refractivity contribution in [2.75, 3.05) is 5.75 Å². The lowest BCUT2D eigenvalue weighted by molar-refractivity contribution is -0.183. The van der Waals surface area contributed by atoms with Crippen molar-refractivity contribution in [1.82, 2.24) is 9.88 Å². The number of hydrogen-bond donors (Lipinski definition) is 1. The Morgan fingerprint density at radius 2 is 1.68 bits per heavy atom. The maximum Gasteiger partial charge on any atom is 0.391 e. The molecule has 0 saturated heterocycles. The molecule has 200 valence electrons. The molecule has 2 aromatic carbocycles. The van der Waals surface area contributed by atoms with E-state index in [2.05, 4.69) is 16.0 Å². The zero-order chi connectivity index (χ0) is 26.8. The summed E-state index contributed by atoms with van der Waals surface area (Å²) >= 11 is 0. The van der Waals surface area contributed by atoms with Gasteiger partial charge in [-0.3, -0.25) is 4.79 Å². The third-order valence-corrected chi connectivity index (χ3v) is 9.24. The van der Waals surface area contributed by atoms with E-state index in [0.717, 1.165) is 35.1 Å². The number of rotatable bonds is 8. The van der Waals surface area contributed by atoms with Gasteiger partial charge in [-0.1, -0.05) is 19.1 Å². The number of nitrogens with zero attached hydrogens (tertiary/aromatic N) is 1. The van der Waals surface area contributed by atoms with Gasteiger partial charge in [0, 0.05) is 35.2 Å². The number of amides is 1. The number of carbonyl (C=O) groups excluding carboxylic acids is 1. The summed E-state index contributed by atoms with van der Waals surface area (Å²) < 4.78 is 65.2. The van der Waals surface area contributed by atoms with Crippen molar-refractivity contribution >= 4 is 26.6 Å². The van der Waals surface area contributed by atoms with Crippen LogP contribution in [0.4, 0.5) is 13.2 Å². The molecule has 4 rings (SSSR count). The van der Waals surface area contributed by atoms with Crippen LogP contribution in [-0.4, -0.2) is 30.8 Å². The Balaban J connectivity index is 1.42. The van der Waals surface area contributed by atoms with Gasteiger partial charge in [0.05, 0.1) is 16.6 Å². The zero-order valence-corrected chi connectivity index (χ0v) is 22.0. The third-order valence-electron chi connectivity index (χ3n) is 7.49. The van der Waals surface area contributed by atoms with Gasteiger partial charge in [0.1, 0.15) is 0 Å². The smallest absolute Gasteiger partial charge is 0.348 e. The lowest BCUT2D eigenvalue weighted by Crippen LogP contribution is -2.28. The Morgan fingerprint density at radius 1 is 1.00 bits per heavy atom. The number of carbonyl (C=O) groups is 1. The van der Waals surface area contributed by atoms with Gasteiger partial charge in [-0.25, -0.2) is 8.42 Å². The highest BCUT2D eigenvalue weighted by molar-refractivity contribution is 7.91. The SMILES string of the molecule is CCn1c(C[C@H]2CC[C@@H](C(F)(F)F)CC2)cc2cc(C(=O)NCc3ccc(S(=O)(=O)CC)cc3)ccc21. The van der Waals surface area contributed by atoms with Gasteiger partial charge in [-0.2, -0.15) is 13.2 Å². The first-order chi connectivity index (χ1) is 17.5. The molecule has 1 aliphatic carbocycles. The normalized spacial score (nSPS) is 18.7. The first-order valence-corrected chi connectivity index (χ1v) is 14.5. The number of alkyl halides is 3. The summed E-state index contributed by atoms with van der Waals surface area (Å²) in [6.45, 7) is 4.65. The van der Waals surface area contributed by atoms with Crippen molar-refractivity contribution in [3.8, 4) is 0 Å². The average molecular weight is 535 g/mol. The summed E-state index contributed by atoms with van der Waals surface area (Å²) in [6, 6.07) is 14.1. The molecule has 3 aromatic rings. The number of hydrogen-bond acceptors (Lipinski definition) is 3. The second-order valence-corrected chi connectivity index (χ2v) is 12.1. The molecule has 37 heavy (non-hydrogen) atoms. The molecule has 9 heteroatoms. The van der Waals surface area contributed by atoms with E-state index < -0.39 is 21.9 Å². The van der Waals surface area contributed by atoms with Crippen LogP contribution in [0.2, 0.25) is 0 Å². The predicted octanol–water partition coefficient (Wildman–Crippen LogP) is 6.30. The second-order valence-electron chi connectivity index (χ2n) is 9.85. The van der Waals surface area contributed by atoms with E-state index in [9.17, 15) is 26.4 Å². The molecule has 0 aliphatic heterocycles. The van der Waals surface area contributed by atoms with Crippen LogP contribution in [0.25, 0.3) is 10.9 Å². The standard InChI is InChI=1S/C28H33F3N2O3S/c1-3-33-24(15-19-5-10-23(11-6-19)28(29,30)31)17-22-16-21(9-14-26(22)33)27(34)32-18-20-7-12-25(13-8-20)37(35,36)4-2/h7-9,12-14,16-17,19,23H,3-6,10-11,15,18H2,1-2H3,(H,32,34)/t19-,23+. The van der Waals surface area contributed by atoms with E-state index in [1.54, 1.807) is 37.3 Å². The summed E-state index contributed by atoms with van der Waals surface area (Å²) in [4.78, 5) is 13.1. The van der Waals surface area contributed by atoms with E-state index in [-0.39, 0.29) is 41.9 Å². The van der Waals surface area contributed by atoms with E-state index in [1.165, 1.54) is 0 Å². The summed E-state index contributed by atoms with van der Waals surface area (Å²) in [6.07, 6.45) is -1.81. The molecule has 1 heterocycles. The molecular formula is C28H33F3N2O3S. The summed E-state index contributed by atoms with van der Waals surface area (Å²) in [7, 11) is -3.27. The first kappa shape index (κ1) is 27.2. The number of aromatic nitrogens is 1. The molecule has 1 amide bonds. The Morgan fingerprint density at radius 3 is 2.27 bits per heavy atom. The van der Waals surface area contributed by atoms with Crippen LogP contribution >= 0.6 is 0 Å². The number of fused-ring (bicyclic) bond motifs is 1. The average Bonchev–Trinajstić information content (AvgIpc) is 3.23. The third kappa shape index (κ3) is 6.20. The Bertz CT molecular complexity index is 1350. The molecule has 1 fully saturated rings. The Kier molecular flexibility index (Phi) is 8.02. The van der Waals surface area contributed by atoms with Crippen LogP contribution in [0.15, 0.2) is 53.4 Å². The monoisotopic (exact) mass is 534 g/mol. The number of nitrogens with one attached hydrogen (secondary N) is 1. The molecule has 1 N–H and O–H groups in total. The largest absolute Gasteiger partial charge is 0.391 e. The molecule has 1 aromatic heterocycles. The molecule has 0 spiro atoms. The lowest BCUT2D eigenvalue weighted by atomic mass is 9.79. The van der Waals surface area contributed by atoms with E-state index in [4.69, 9.17) is 0 Å². The molecule has 1 aliphatic rings. The van der Waals surface area contributed by atoms with Crippen molar-refractivity contribution in [2.45, 2.75) is 70.1 Å². The summed E-state index contributed by atoms with van der Waals surface area (Å²) in [5, 5.41) is 3.82. The van der Waals surface area contributed by atoms with Gasteiger partial charge in [0.15, 0.2) is 9.84 Å². The maximum absolute atomic E-state index is 13.0. The van der Waals surface area contributed by atoms with Gasteiger partial charge in [0.2, 0.25) is 0 Å². The number of aryl methyl sites for hydroxylation is 1. The van der Waals surface area contributed by atoms with Crippen LogP contribution in [0.5, 0.6) is 0 Å². The number of benzene rings is 2. The molecule has 0 unspecified atom stereocenters. The van der Waals surface area contributed by atoms with Crippen molar-refractivity contribution < 1.29 is 26.4 Å². The first-order valence-electron chi connectivity index (χ1n) is 12.8. The van der Waals surface area contributed by atoms with Gasteiger partial charge in [-0.05, 0) is 86.9 Å². The van der Waals surface area contributed by atoms with Crippen molar-refractivity contribution in [2.24, 2.45) is 11.8 Å². The van der Waals surface area contributed by atoms with Crippen LogP contribution < -0.4 is 5.32 Å². The van der Waals surface area contributed by atoms with Crippen LogP contribution in [0.1, 0.15) is 61.1 Å². The van der Waals surface area contributed by atoms with Crippen molar-refractivity contribution in [1.29, 1.82) is 0 Å². The lowest BCUT2D eigenvalue weighted by Gasteiger charge is -2.30. The minimum atomic E-state index is -4.10. The molecule has 1 saturated carbocycles. The van der Waals surface area contributed by atoms with Crippen LogP contribution in [0.3, 0.4) is 0 Å². The minimum Gasteiger partial charge on any atom is -0.348 e. The van der Waals surface area contributed by atoms with Crippen molar-refractivity contribution in [3.05, 3.63) is 65.4 Å². The fourth-order valence-corrected chi connectivity index (χ4v) is 6.15. The Hall–Kier alpha value is -2.81. The van der Waals surface area contributed by atoms with E-state index in [0.29, 0.717) is 18.4 Å². The minimum absolute atomic E-state index is 0.0339. The van der Waals surface area contributed by atoms with Gasteiger partial charge >= 0.3 is 6.18 Å². The number of sulfone groups is 1. The highest BCUT2D eigenvalue weighted by atomic mass is 32.2. The highest BCUT2D eigenvalue weighted by Gasteiger charge is 2.41. The molecule has 0 bridgehead atoms. The van der Waals surface area contributed by atoms with Gasteiger partial charge < -0.3 is 9.88 Å². The molecule has 0 atom stereocenters. The van der Waals surface area contributed by atoms with Gasteiger partial charge in [-0.15, -0.1) is 0 Å². The fourth-order valence-electron chi connectivity index (χ4n) is 5.27. The molecule has 0 radical (unpaired) electrons. The van der Waals surface area contributed by atoms with Crippen LogP contribution in [0, 0.1) is 11.8 Å². The number of halogens is 3. The summed E-state index contributed by atoms with van der Waals surface area (Å²) in [5.74, 6) is -1.14. The quantitative estimate of drug-likeness (QED) is 0.369. The molecule has 5 nitrogen and oxygen atoms in total. The zero-order valence-electron chi connectivity index (χ0n) is 21.1. The second kappa shape index (κ2) is 10.9. The fraction of sp³-hybridized carbons (Fsp3) is 0.464. The van der Waals surface area contributed by atoms with E-state index in [1.807, 2.05) is 19.1 Å².